The molecule has 0 saturated carbocycles. The van der Waals surface area contributed by atoms with Crippen LogP contribution in [0.4, 0.5) is 0 Å². The average Bonchev–Trinajstić information content (AvgIpc) is 2.61. The van der Waals surface area contributed by atoms with Gasteiger partial charge >= 0.3 is 0 Å². The second-order valence-corrected chi connectivity index (χ2v) is 7.28. The number of halogens is 1. The van der Waals surface area contributed by atoms with Gasteiger partial charge in [-0.25, -0.2) is 0 Å². The maximum Gasteiger partial charge on any atom is 0.251 e. The highest BCUT2D eigenvalue weighted by atomic mass is 79.9. The van der Waals surface area contributed by atoms with Gasteiger partial charge in [0.05, 0.1) is 0 Å². The zero-order chi connectivity index (χ0) is 18.1. The van der Waals surface area contributed by atoms with Crippen LogP contribution in [0.25, 0.3) is 0 Å². The number of benzene rings is 1. The van der Waals surface area contributed by atoms with E-state index < -0.39 is 0 Å². The van der Waals surface area contributed by atoms with Crippen molar-refractivity contribution in [2.75, 3.05) is 52.9 Å². The summed E-state index contributed by atoms with van der Waals surface area (Å²) in [5.41, 5.74) is 0.593. The smallest absolute Gasteiger partial charge is 0.251 e. The molecule has 1 aromatic carbocycles. The summed E-state index contributed by atoms with van der Waals surface area (Å²) in [5.74, 6) is -0.176. The van der Waals surface area contributed by atoms with E-state index in [4.69, 9.17) is 0 Å². The molecule has 1 aliphatic rings. The van der Waals surface area contributed by atoms with Gasteiger partial charge in [0.1, 0.15) is 0 Å². The number of likely N-dealkylation sites (N-methyl/N-ethyl adjacent to an activating group) is 1. The first-order valence-corrected chi connectivity index (χ1v) is 9.55. The summed E-state index contributed by atoms with van der Waals surface area (Å²) in [6, 6.07) is 7.14. The summed E-state index contributed by atoms with van der Waals surface area (Å²) in [7, 11) is 2.15. The second-order valence-electron chi connectivity index (χ2n) is 6.36. The third-order valence-electron chi connectivity index (χ3n) is 4.31. The van der Waals surface area contributed by atoms with Gasteiger partial charge in [0, 0.05) is 55.7 Å². The van der Waals surface area contributed by atoms with E-state index in [0.717, 1.165) is 43.6 Å². The standard InChI is InChI=1S/C18H27BrN4O2/c1-22-11-13-23(14-12-22)10-2-8-20-17(24)7-9-21-18(25)15-3-5-16(19)6-4-15/h3-6H,2,7-14H2,1H3,(H,20,24)(H,21,25). The zero-order valence-corrected chi connectivity index (χ0v) is 16.3. The van der Waals surface area contributed by atoms with E-state index in [0.29, 0.717) is 25.1 Å². The highest BCUT2D eigenvalue weighted by molar-refractivity contribution is 9.10. The van der Waals surface area contributed by atoms with Gasteiger partial charge in [0.25, 0.3) is 5.91 Å². The Morgan fingerprint density at radius 1 is 1.04 bits per heavy atom. The van der Waals surface area contributed by atoms with Crippen molar-refractivity contribution in [3.05, 3.63) is 34.3 Å². The van der Waals surface area contributed by atoms with Crippen molar-refractivity contribution in [2.24, 2.45) is 0 Å². The van der Waals surface area contributed by atoms with Gasteiger partial charge in [0.2, 0.25) is 5.91 Å². The van der Waals surface area contributed by atoms with Crippen molar-refractivity contribution >= 4 is 27.7 Å². The molecule has 0 aliphatic carbocycles. The number of hydrogen-bond donors (Lipinski definition) is 2. The minimum atomic E-state index is -0.157. The van der Waals surface area contributed by atoms with Gasteiger partial charge in [-0.3, -0.25) is 9.59 Å². The molecule has 1 aromatic rings. The van der Waals surface area contributed by atoms with Crippen molar-refractivity contribution in [2.45, 2.75) is 12.8 Å². The first kappa shape index (κ1) is 19.9. The number of piperazine rings is 1. The monoisotopic (exact) mass is 410 g/mol. The number of carbonyl (C=O) groups excluding carboxylic acids is 2. The molecule has 2 amide bonds. The lowest BCUT2D eigenvalue weighted by Gasteiger charge is -2.32. The van der Waals surface area contributed by atoms with Gasteiger partial charge < -0.3 is 20.4 Å². The Morgan fingerprint density at radius 2 is 1.72 bits per heavy atom. The van der Waals surface area contributed by atoms with E-state index >= 15 is 0 Å². The van der Waals surface area contributed by atoms with Crippen LogP contribution in [0.2, 0.25) is 0 Å². The minimum absolute atomic E-state index is 0.0190. The molecule has 0 radical (unpaired) electrons. The number of amides is 2. The Labute approximate surface area is 158 Å². The third-order valence-corrected chi connectivity index (χ3v) is 4.84. The van der Waals surface area contributed by atoms with Crippen molar-refractivity contribution in [3.8, 4) is 0 Å². The second kappa shape index (κ2) is 10.5. The van der Waals surface area contributed by atoms with Gasteiger partial charge in [-0.05, 0) is 44.3 Å². The summed E-state index contributed by atoms with van der Waals surface area (Å²) in [4.78, 5) is 28.5. The van der Waals surface area contributed by atoms with E-state index in [9.17, 15) is 9.59 Å². The summed E-state index contributed by atoms with van der Waals surface area (Å²) < 4.78 is 0.931. The summed E-state index contributed by atoms with van der Waals surface area (Å²) in [5, 5.41) is 5.69. The van der Waals surface area contributed by atoms with Gasteiger partial charge in [-0.2, -0.15) is 0 Å². The number of hydrogen-bond acceptors (Lipinski definition) is 4. The van der Waals surface area contributed by atoms with Crippen LogP contribution in [0.3, 0.4) is 0 Å². The number of nitrogens with zero attached hydrogens (tertiary/aromatic N) is 2. The molecule has 0 unspecified atom stereocenters. The fourth-order valence-electron chi connectivity index (χ4n) is 2.68. The number of carbonyl (C=O) groups is 2. The maximum absolute atomic E-state index is 11.9. The topological polar surface area (TPSA) is 64.7 Å². The average molecular weight is 411 g/mol. The summed E-state index contributed by atoms with van der Waals surface area (Å²) in [6.07, 6.45) is 1.26. The Bertz CT molecular complexity index is 557. The quantitative estimate of drug-likeness (QED) is 0.634. The van der Waals surface area contributed by atoms with Crippen molar-refractivity contribution in [3.63, 3.8) is 0 Å². The highest BCUT2D eigenvalue weighted by Crippen LogP contribution is 2.10. The molecule has 2 N–H and O–H groups in total. The molecule has 6 nitrogen and oxygen atoms in total. The first-order chi connectivity index (χ1) is 12.0. The molecule has 0 spiro atoms. The lowest BCUT2D eigenvalue weighted by Crippen LogP contribution is -2.45. The SMILES string of the molecule is CN1CCN(CCCNC(=O)CCNC(=O)c2ccc(Br)cc2)CC1. The van der Waals surface area contributed by atoms with Crippen LogP contribution >= 0.6 is 15.9 Å². The minimum Gasteiger partial charge on any atom is -0.356 e. The molecule has 1 fully saturated rings. The van der Waals surface area contributed by atoms with Crippen LogP contribution in [-0.4, -0.2) is 74.5 Å². The van der Waals surface area contributed by atoms with Crippen molar-refractivity contribution < 1.29 is 9.59 Å². The normalized spacial score (nSPS) is 15.8. The molecule has 7 heteroatoms. The predicted molar refractivity (Wildman–Crippen MR) is 103 cm³/mol. The molecule has 138 valence electrons. The predicted octanol–water partition coefficient (Wildman–Crippen LogP) is 1.32. The van der Waals surface area contributed by atoms with Crippen LogP contribution in [-0.2, 0) is 4.79 Å². The molecule has 1 saturated heterocycles. The molecule has 2 rings (SSSR count). The fourth-order valence-corrected chi connectivity index (χ4v) is 2.95. The van der Waals surface area contributed by atoms with Crippen LogP contribution in [0.5, 0.6) is 0 Å². The number of rotatable bonds is 8. The zero-order valence-electron chi connectivity index (χ0n) is 14.8. The molecular formula is C18H27BrN4O2. The van der Waals surface area contributed by atoms with Crippen molar-refractivity contribution in [1.82, 2.24) is 20.4 Å². The van der Waals surface area contributed by atoms with Crippen LogP contribution < -0.4 is 10.6 Å². The third kappa shape index (κ3) is 7.54. The summed E-state index contributed by atoms with van der Waals surface area (Å²) >= 11 is 3.33. The molecule has 25 heavy (non-hydrogen) atoms. The van der Waals surface area contributed by atoms with E-state index in [1.54, 1.807) is 12.1 Å². The Balaban J connectivity index is 1.52. The molecule has 1 heterocycles. The van der Waals surface area contributed by atoms with Crippen LogP contribution in [0.15, 0.2) is 28.7 Å². The highest BCUT2D eigenvalue weighted by Gasteiger charge is 2.13. The molecule has 0 bridgehead atoms. The van der Waals surface area contributed by atoms with Crippen LogP contribution in [0.1, 0.15) is 23.2 Å². The lowest BCUT2D eigenvalue weighted by molar-refractivity contribution is -0.120. The Hall–Kier alpha value is -1.44. The Morgan fingerprint density at radius 3 is 2.40 bits per heavy atom. The summed E-state index contributed by atoms with van der Waals surface area (Å²) in [6.45, 7) is 6.49. The fraction of sp³-hybridized carbons (Fsp3) is 0.556. The molecule has 1 aliphatic heterocycles. The Kier molecular flexibility index (Phi) is 8.37. The van der Waals surface area contributed by atoms with Crippen molar-refractivity contribution in [1.29, 1.82) is 0 Å². The first-order valence-electron chi connectivity index (χ1n) is 8.76. The van der Waals surface area contributed by atoms with E-state index in [1.807, 2.05) is 12.1 Å². The van der Waals surface area contributed by atoms with Crippen LogP contribution in [0, 0.1) is 0 Å². The largest absolute Gasteiger partial charge is 0.356 e. The maximum atomic E-state index is 11.9. The van der Waals surface area contributed by atoms with Gasteiger partial charge in [0.15, 0.2) is 0 Å². The van der Waals surface area contributed by atoms with E-state index in [1.165, 1.54) is 0 Å². The van der Waals surface area contributed by atoms with Gasteiger partial charge in [-0.15, -0.1) is 0 Å². The molecule has 0 aromatic heterocycles. The molecule has 0 atom stereocenters. The number of nitrogens with one attached hydrogen (secondary N) is 2. The van der Waals surface area contributed by atoms with E-state index in [2.05, 4.69) is 43.4 Å². The van der Waals surface area contributed by atoms with E-state index in [-0.39, 0.29) is 11.8 Å². The molecular weight excluding hydrogens is 384 g/mol. The van der Waals surface area contributed by atoms with Gasteiger partial charge in [-0.1, -0.05) is 15.9 Å². The lowest BCUT2D eigenvalue weighted by atomic mass is 10.2.